The van der Waals surface area contributed by atoms with Crippen molar-refractivity contribution in [1.82, 2.24) is 0 Å². The van der Waals surface area contributed by atoms with Crippen LogP contribution in [0.5, 0.6) is 0 Å². The molecule has 2 aromatic rings. The standard InChI is InChI=1S/C18H17BrF2O2S/c19-13-4-7-15(8-5-13)24(22,23)18(10-2-1-3-11-18)16-12-14(20)6-9-17(16)21/h4-9,12H,1-3,10-11H2. The second-order valence-corrected chi connectivity index (χ2v) is 9.31. The van der Waals surface area contributed by atoms with E-state index in [1.165, 1.54) is 12.1 Å². The number of hydrogen-bond donors (Lipinski definition) is 0. The van der Waals surface area contributed by atoms with Crippen molar-refractivity contribution in [2.24, 2.45) is 0 Å². The fourth-order valence-electron chi connectivity index (χ4n) is 3.49. The molecule has 1 fully saturated rings. The van der Waals surface area contributed by atoms with Gasteiger partial charge in [0.15, 0.2) is 9.84 Å². The maximum atomic E-state index is 14.5. The Balaban J connectivity index is 2.22. The first-order valence-corrected chi connectivity index (χ1v) is 10.1. The van der Waals surface area contributed by atoms with Gasteiger partial charge in [0.25, 0.3) is 0 Å². The van der Waals surface area contributed by atoms with Crippen molar-refractivity contribution in [3.63, 3.8) is 0 Å². The van der Waals surface area contributed by atoms with Crippen molar-refractivity contribution in [2.45, 2.75) is 41.7 Å². The summed E-state index contributed by atoms with van der Waals surface area (Å²) in [6.07, 6.45) is 2.84. The molecule has 0 spiro atoms. The molecule has 1 saturated carbocycles. The van der Waals surface area contributed by atoms with Crippen LogP contribution in [0, 0.1) is 11.6 Å². The smallest absolute Gasteiger partial charge is 0.188 e. The van der Waals surface area contributed by atoms with E-state index in [9.17, 15) is 17.2 Å². The van der Waals surface area contributed by atoms with Crippen molar-refractivity contribution >= 4 is 25.8 Å². The number of halogens is 3. The molecule has 0 aliphatic heterocycles. The highest BCUT2D eigenvalue weighted by molar-refractivity contribution is 9.10. The third kappa shape index (κ3) is 2.90. The maximum absolute atomic E-state index is 14.5. The normalized spacial score (nSPS) is 17.6. The molecule has 0 bridgehead atoms. The molecule has 0 amide bonds. The summed E-state index contributed by atoms with van der Waals surface area (Å²) in [5, 5.41) is 0. The Morgan fingerprint density at radius 2 is 1.54 bits per heavy atom. The molecule has 0 N–H and O–H groups in total. The van der Waals surface area contributed by atoms with Gasteiger partial charge in [-0.15, -0.1) is 0 Å². The van der Waals surface area contributed by atoms with E-state index in [1.54, 1.807) is 12.1 Å². The zero-order valence-electron chi connectivity index (χ0n) is 12.9. The molecule has 1 aliphatic rings. The molecule has 6 heteroatoms. The van der Waals surface area contributed by atoms with Crippen LogP contribution in [-0.4, -0.2) is 8.42 Å². The number of hydrogen-bond acceptors (Lipinski definition) is 2. The molecule has 0 atom stereocenters. The van der Waals surface area contributed by atoms with Crippen LogP contribution in [0.1, 0.15) is 37.7 Å². The Morgan fingerprint density at radius 3 is 2.17 bits per heavy atom. The summed E-state index contributed by atoms with van der Waals surface area (Å²) in [6, 6.07) is 9.37. The van der Waals surface area contributed by atoms with E-state index < -0.39 is 26.2 Å². The molecule has 0 radical (unpaired) electrons. The summed E-state index contributed by atoms with van der Waals surface area (Å²) < 4.78 is 54.3. The van der Waals surface area contributed by atoms with Crippen molar-refractivity contribution in [3.8, 4) is 0 Å². The fraction of sp³-hybridized carbons (Fsp3) is 0.333. The first-order chi connectivity index (χ1) is 11.4. The van der Waals surface area contributed by atoms with Gasteiger partial charge in [-0.1, -0.05) is 35.2 Å². The van der Waals surface area contributed by atoms with Crippen LogP contribution in [0.4, 0.5) is 8.78 Å². The van der Waals surface area contributed by atoms with Crippen molar-refractivity contribution in [2.75, 3.05) is 0 Å². The lowest BCUT2D eigenvalue weighted by Gasteiger charge is -2.37. The molecule has 1 aliphatic carbocycles. The molecule has 0 aromatic heterocycles. The van der Waals surface area contributed by atoms with Gasteiger partial charge in [0.05, 0.1) is 4.90 Å². The van der Waals surface area contributed by atoms with Gasteiger partial charge in [-0.25, -0.2) is 17.2 Å². The monoisotopic (exact) mass is 414 g/mol. The van der Waals surface area contributed by atoms with Gasteiger partial charge < -0.3 is 0 Å². The van der Waals surface area contributed by atoms with Crippen molar-refractivity contribution < 1.29 is 17.2 Å². The predicted molar refractivity (Wildman–Crippen MR) is 92.4 cm³/mol. The van der Waals surface area contributed by atoms with E-state index in [0.29, 0.717) is 25.7 Å². The van der Waals surface area contributed by atoms with Gasteiger partial charge in [0, 0.05) is 10.0 Å². The zero-order chi connectivity index (χ0) is 17.4. The van der Waals surface area contributed by atoms with Crippen LogP contribution in [-0.2, 0) is 14.6 Å². The third-order valence-corrected chi connectivity index (χ3v) is 7.80. The summed E-state index contributed by atoms with van der Waals surface area (Å²) in [4.78, 5) is 0.135. The first-order valence-electron chi connectivity index (χ1n) is 7.83. The van der Waals surface area contributed by atoms with Gasteiger partial charge in [0.1, 0.15) is 16.4 Å². The largest absolute Gasteiger partial charge is 0.223 e. The Morgan fingerprint density at radius 1 is 0.917 bits per heavy atom. The number of sulfone groups is 1. The Hall–Kier alpha value is -1.27. The van der Waals surface area contributed by atoms with E-state index in [0.717, 1.165) is 29.1 Å². The summed E-state index contributed by atoms with van der Waals surface area (Å²) >= 11 is 3.28. The maximum Gasteiger partial charge on any atom is 0.188 e. The van der Waals surface area contributed by atoms with E-state index in [4.69, 9.17) is 0 Å². The Bertz CT molecular complexity index is 842. The summed E-state index contributed by atoms with van der Waals surface area (Å²) in [5.74, 6) is -1.29. The summed E-state index contributed by atoms with van der Waals surface area (Å²) in [7, 11) is -3.86. The molecule has 2 nitrogen and oxygen atoms in total. The fourth-order valence-corrected chi connectivity index (χ4v) is 5.97. The SMILES string of the molecule is O=S(=O)(c1ccc(Br)cc1)C1(c2cc(F)ccc2F)CCCCC1. The highest BCUT2D eigenvalue weighted by Gasteiger charge is 2.48. The zero-order valence-corrected chi connectivity index (χ0v) is 15.3. The topological polar surface area (TPSA) is 34.1 Å². The average Bonchev–Trinajstić information content (AvgIpc) is 2.58. The lowest BCUT2D eigenvalue weighted by molar-refractivity contribution is 0.367. The van der Waals surface area contributed by atoms with Crippen LogP contribution in [0.15, 0.2) is 51.8 Å². The van der Waals surface area contributed by atoms with Gasteiger partial charge in [-0.2, -0.15) is 0 Å². The minimum atomic E-state index is -3.86. The second-order valence-electron chi connectivity index (χ2n) is 6.14. The van der Waals surface area contributed by atoms with Gasteiger partial charge in [0.2, 0.25) is 0 Å². The molecule has 0 heterocycles. The quantitative estimate of drug-likeness (QED) is 0.677. The highest BCUT2D eigenvalue weighted by Crippen LogP contribution is 2.47. The minimum Gasteiger partial charge on any atom is -0.223 e. The predicted octanol–water partition coefficient (Wildman–Crippen LogP) is 5.36. The van der Waals surface area contributed by atoms with E-state index in [1.807, 2.05) is 0 Å². The molecule has 3 rings (SSSR count). The van der Waals surface area contributed by atoms with E-state index in [2.05, 4.69) is 15.9 Å². The van der Waals surface area contributed by atoms with Crippen molar-refractivity contribution in [3.05, 3.63) is 64.1 Å². The van der Waals surface area contributed by atoms with Crippen LogP contribution >= 0.6 is 15.9 Å². The Kier molecular flexibility index (Phi) is 4.80. The van der Waals surface area contributed by atoms with Gasteiger partial charge in [-0.05, 0) is 55.3 Å². The van der Waals surface area contributed by atoms with Crippen LogP contribution in [0.25, 0.3) is 0 Å². The van der Waals surface area contributed by atoms with Crippen LogP contribution < -0.4 is 0 Å². The summed E-state index contributed by atoms with van der Waals surface area (Å²) in [5.41, 5.74) is -0.0508. The first kappa shape index (κ1) is 17.5. The average molecular weight is 415 g/mol. The number of rotatable bonds is 3. The molecule has 0 saturated heterocycles. The molecule has 0 unspecified atom stereocenters. The molecule has 128 valence electrons. The Labute approximate surface area is 148 Å². The van der Waals surface area contributed by atoms with E-state index >= 15 is 0 Å². The third-order valence-electron chi connectivity index (χ3n) is 4.72. The molecular weight excluding hydrogens is 398 g/mol. The van der Waals surface area contributed by atoms with E-state index in [-0.39, 0.29) is 10.5 Å². The van der Waals surface area contributed by atoms with Gasteiger partial charge in [-0.3, -0.25) is 0 Å². The second kappa shape index (κ2) is 6.56. The molecular formula is C18H17BrF2O2S. The van der Waals surface area contributed by atoms with Crippen molar-refractivity contribution in [1.29, 1.82) is 0 Å². The molecule has 24 heavy (non-hydrogen) atoms. The number of benzene rings is 2. The van der Waals surface area contributed by atoms with Gasteiger partial charge >= 0.3 is 0 Å². The minimum absolute atomic E-state index is 0.0508. The highest BCUT2D eigenvalue weighted by atomic mass is 79.9. The lowest BCUT2D eigenvalue weighted by Crippen LogP contribution is -2.39. The lowest BCUT2D eigenvalue weighted by atomic mass is 9.82. The molecule has 2 aromatic carbocycles. The van der Waals surface area contributed by atoms with Crippen LogP contribution in [0.3, 0.4) is 0 Å². The summed E-state index contributed by atoms with van der Waals surface area (Å²) in [6.45, 7) is 0. The van der Waals surface area contributed by atoms with Crippen LogP contribution in [0.2, 0.25) is 0 Å².